The molecule has 0 saturated carbocycles. The van der Waals surface area contributed by atoms with Crippen LogP contribution in [0.5, 0.6) is 0 Å². The monoisotopic (exact) mass is 249 g/mol. The molecular weight excluding hydrogens is 230 g/mol. The highest BCUT2D eigenvalue weighted by atomic mass is 16.5. The van der Waals surface area contributed by atoms with Crippen molar-refractivity contribution in [1.82, 2.24) is 5.32 Å². The number of carbonyl (C=O) groups is 1. The molecule has 0 atom stereocenters. The van der Waals surface area contributed by atoms with Crippen molar-refractivity contribution >= 4 is 17.3 Å². The van der Waals surface area contributed by atoms with Gasteiger partial charge in [-0.3, -0.25) is 4.79 Å². The summed E-state index contributed by atoms with van der Waals surface area (Å²) in [6, 6.07) is 4.94. The van der Waals surface area contributed by atoms with E-state index < -0.39 is 0 Å². The predicted molar refractivity (Wildman–Crippen MR) is 71.1 cm³/mol. The second-order valence-corrected chi connectivity index (χ2v) is 4.61. The Bertz CT molecular complexity index is 428. The van der Waals surface area contributed by atoms with Crippen LogP contribution in [-0.2, 0) is 4.74 Å². The van der Waals surface area contributed by atoms with Gasteiger partial charge < -0.3 is 21.5 Å². The van der Waals surface area contributed by atoms with Crippen molar-refractivity contribution in [1.29, 1.82) is 0 Å². The van der Waals surface area contributed by atoms with Crippen LogP contribution in [0, 0.1) is 5.92 Å². The zero-order chi connectivity index (χ0) is 13.0. The Morgan fingerprint density at radius 2 is 2.06 bits per heavy atom. The third kappa shape index (κ3) is 3.13. The lowest BCUT2D eigenvalue weighted by Crippen LogP contribution is -2.32. The van der Waals surface area contributed by atoms with Gasteiger partial charge in [0.15, 0.2) is 0 Å². The maximum atomic E-state index is 12.0. The molecule has 1 fully saturated rings. The van der Waals surface area contributed by atoms with E-state index in [9.17, 15) is 4.79 Å². The summed E-state index contributed by atoms with van der Waals surface area (Å²) in [6.07, 6.45) is 2.00. The lowest BCUT2D eigenvalue weighted by Gasteiger charge is -2.22. The first-order valence-corrected chi connectivity index (χ1v) is 6.18. The summed E-state index contributed by atoms with van der Waals surface area (Å²) < 4.78 is 5.28. The van der Waals surface area contributed by atoms with Gasteiger partial charge in [0.1, 0.15) is 0 Å². The van der Waals surface area contributed by atoms with E-state index in [1.54, 1.807) is 18.2 Å². The van der Waals surface area contributed by atoms with Crippen molar-refractivity contribution in [2.75, 3.05) is 31.2 Å². The van der Waals surface area contributed by atoms with E-state index in [-0.39, 0.29) is 5.91 Å². The van der Waals surface area contributed by atoms with Gasteiger partial charge in [-0.1, -0.05) is 0 Å². The smallest absolute Gasteiger partial charge is 0.253 e. The molecule has 5 nitrogen and oxygen atoms in total. The van der Waals surface area contributed by atoms with Crippen molar-refractivity contribution in [2.45, 2.75) is 12.8 Å². The fourth-order valence-electron chi connectivity index (χ4n) is 2.07. The van der Waals surface area contributed by atoms with Gasteiger partial charge in [0.25, 0.3) is 5.91 Å². The highest BCUT2D eigenvalue weighted by Crippen LogP contribution is 2.17. The number of hydrogen-bond donors (Lipinski definition) is 3. The van der Waals surface area contributed by atoms with Crippen LogP contribution in [0.1, 0.15) is 23.2 Å². The SMILES string of the molecule is Nc1ccc(C(=O)NCC2CCOCC2)c(N)c1. The molecule has 0 aliphatic carbocycles. The number of benzene rings is 1. The number of anilines is 2. The number of nitrogen functional groups attached to an aromatic ring is 2. The minimum absolute atomic E-state index is 0.140. The Morgan fingerprint density at radius 3 is 2.72 bits per heavy atom. The number of ether oxygens (including phenoxy) is 1. The number of amides is 1. The molecule has 1 aliphatic heterocycles. The molecular formula is C13H19N3O2. The number of hydrogen-bond acceptors (Lipinski definition) is 4. The molecule has 0 radical (unpaired) electrons. The summed E-state index contributed by atoms with van der Waals surface area (Å²) >= 11 is 0. The van der Waals surface area contributed by atoms with Crippen LogP contribution in [-0.4, -0.2) is 25.7 Å². The molecule has 1 aliphatic rings. The fraction of sp³-hybridized carbons (Fsp3) is 0.462. The number of rotatable bonds is 3. The van der Waals surface area contributed by atoms with Crippen LogP contribution in [0.25, 0.3) is 0 Å². The lowest BCUT2D eigenvalue weighted by atomic mass is 10.0. The Balaban J connectivity index is 1.90. The minimum atomic E-state index is -0.140. The van der Waals surface area contributed by atoms with Gasteiger partial charge in [0, 0.05) is 31.1 Å². The Kier molecular flexibility index (Phi) is 4.04. The Morgan fingerprint density at radius 1 is 1.33 bits per heavy atom. The van der Waals surface area contributed by atoms with Gasteiger partial charge in [-0.05, 0) is 37.0 Å². The summed E-state index contributed by atoms with van der Waals surface area (Å²) in [6.45, 7) is 2.24. The fourth-order valence-corrected chi connectivity index (χ4v) is 2.07. The Hall–Kier alpha value is -1.75. The molecule has 0 aromatic heterocycles. The van der Waals surface area contributed by atoms with Gasteiger partial charge >= 0.3 is 0 Å². The quantitative estimate of drug-likeness (QED) is 0.697. The summed E-state index contributed by atoms with van der Waals surface area (Å²) in [5.74, 6) is 0.358. The first kappa shape index (κ1) is 12.7. The van der Waals surface area contributed by atoms with E-state index in [0.717, 1.165) is 26.1 Å². The number of carbonyl (C=O) groups excluding carboxylic acids is 1. The first-order valence-electron chi connectivity index (χ1n) is 6.18. The zero-order valence-corrected chi connectivity index (χ0v) is 10.3. The third-order valence-electron chi connectivity index (χ3n) is 3.21. The van der Waals surface area contributed by atoms with Crippen molar-refractivity contribution in [2.24, 2.45) is 5.92 Å². The highest BCUT2D eigenvalue weighted by Gasteiger charge is 2.16. The topological polar surface area (TPSA) is 90.4 Å². The van der Waals surface area contributed by atoms with Crippen LogP contribution in [0.4, 0.5) is 11.4 Å². The standard InChI is InChI=1S/C13H19N3O2/c14-10-1-2-11(12(15)7-10)13(17)16-8-9-3-5-18-6-4-9/h1-2,7,9H,3-6,8,14-15H2,(H,16,17). The second-order valence-electron chi connectivity index (χ2n) is 4.61. The molecule has 1 aromatic carbocycles. The molecule has 1 aromatic rings. The predicted octanol–water partition coefficient (Wildman–Crippen LogP) is 1.01. The van der Waals surface area contributed by atoms with Gasteiger partial charge in [0.2, 0.25) is 0 Å². The molecule has 0 unspecified atom stereocenters. The van der Waals surface area contributed by atoms with Crippen molar-refractivity contribution < 1.29 is 9.53 Å². The average molecular weight is 249 g/mol. The molecule has 1 amide bonds. The van der Waals surface area contributed by atoms with Crippen LogP contribution < -0.4 is 16.8 Å². The summed E-state index contributed by atoms with van der Waals surface area (Å²) in [7, 11) is 0. The van der Waals surface area contributed by atoms with Crippen LogP contribution >= 0.6 is 0 Å². The van der Waals surface area contributed by atoms with Gasteiger partial charge in [0.05, 0.1) is 5.56 Å². The molecule has 0 spiro atoms. The highest BCUT2D eigenvalue weighted by molar-refractivity contribution is 5.99. The Labute approximate surface area is 106 Å². The van der Waals surface area contributed by atoms with Crippen LogP contribution in [0.3, 0.4) is 0 Å². The number of nitrogens with two attached hydrogens (primary N) is 2. The molecule has 5 heteroatoms. The van der Waals surface area contributed by atoms with Crippen molar-refractivity contribution in [3.63, 3.8) is 0 Å². The molecule has 1 heterocycles. The van der Waals surface area contributed by atoms with Gasteiger partial charge in [-0.2, -0.15) is 0 Å². The number of nitrogens with one attached hydrogen (secondary N) is 1. The molecule has 98 valence electrons. The normalized spacial score (nSPS) is 16.4. The van der Waals surface area contributed by atoms with E-state index in [1.807, 2.05) is 0 Å². The van der Waals surface area contributed by atoms with E-state index in [1.165, 1.54) is 0 Å². The largest absolute Gasteiger partial charge is 0.399 e. The maximum absolute atomic E-state index is 12.0. The minimum Gasteiger partial charge on any atom is -0.399 e. The van der Waals surface area contributed by atoms with Gasteiger partial charge in [-0.25, -0.2) is 0 Å². The van der Waals surface area contributed by atoms with Crippen molar-refractivity contribution in [3.8, 4) is 0 Å². The molecule has 1 saturated heterocycles. The first-order chi connectivity index (χ1) is 8.66. The van der Waals surface area contributed by atoms with E-state index >= 15 is 0 Å². The summed E-state index contributed by atoms with van der Waals surface area (Å²) in [5, 5.41) is 2.91. The zero-order valence-electron chi connectivity index (χ0n) is 10.3. The van der Waals surface area contributed by atoms with Crippen LogP contribution in [0.2, 0.25) is 0 Å². The molecule has 2 rings (SSSR count). The molecule has 0 bridgehead atoms. The van der Waals surface area contributed by atoms with E-state index in [4.69, 9.17) is 16.2 Å². The summed E-state index contributed by atoms with van der Waals surface area (Å²) in [4.78, 5) is 12.0. The van der Waals surface area contributed by atoms with Crippen molar-refractivity contribution in [3.05, 3.63) is 23.8 Å². The molecule has 5 N–H and O–H groups in total. The summed E-state index contributed by atoms with van der Waals surface area (Å²) in [5.41, 5.74) is 12.8. The lowest BCUT2D eigenvalue weighted by molar-refractivity contribution is 0.0643. The second kappa shape index (κ2) is 5.73. The molecule has 18 heavy (non-hydrogen) atoms. The third-order valence-corrected chi connectivity index (χ3v) is 3.21. The maximum Gasteiger partial charge on any atom is 0.253 e. The average Bonchev–Trinajstić information content (AvgIpc) is 2.37. The van der Waals surface area contributed by atoms with Crippen LogP contribution in [0.15, 0.2) is 18.2 Å². The van der Waals surface area contributed by atoms with E-state index in [0.29, 0.717) is 29.4 Å². The van der Waals surface area contributed by atoms with Gasteiger partial charge in [-0.15, -0.1) is 0 Å². The van der Waals surface area contributed by atoms with E-state index in [2.05, 4.69) is 5.32 Å².